The van der Waals surface area contributed by atoms with Gasteiger partial charge in [0.05, 0.1) is 0 Å². The minimum absolute atomic E-state index is 0.0245. The van der Waals surface area contributed by atoms with Crippen molar-refractivity contribution in [3.8, 4) is 5.75 Å². The maximum atomic E-state index is 5.88. The number of ether oxygens (including phenoxy) is 1. The van der Waals surface area contributed by atoms with Crippen LogP contribution in [0.15, 0.2) is 29.3 Å². The molecule has 1 aromatic carbocycles. The van der Waals surface area contributed by atoms with E-state index in [1.165, 1.54) is 5.56 Å². The molecule has 2 N–H and O–H groups in total. The van der Waals surface area contributed by atoms with E-state index in [9.17, 15) is 0 Å². The zero-order valence-corrected chi connectivity index (χ0v) is 10.7. The third-order valence-electron chi connectivity index (χ3n) is 2.04. The van der Waals surface area contributed by atoms with E-state index in [1.807, 2.05) is 26.0 Å². The standard InChI is InChI=1S/C12H16BrNO/c1-8-4-5-12(15-7-9(2)13)11(6-8)10(3)14/h4-6,10H,2,7,14H2,1,3H3/t10-/m0/s1. The van der Waals surface area contributed by atoms with Crippen molar-refractivity contribution in [3.63, 3.8) is 0 Å². The molecule has 1 rings (SSSR count). The molecule has 82 valence electrons. The van der Waals surface area contributed by atoms with Crippen molar-refractivity contribution < 1.29 is 4.74 Å². The fourth-order valence-corrected chi connectivity index (χ4v) is 1.43. The molecule has 1 aromatic rings. The second kappa shape index (κ2) is 5.33. The number of aryl methyl sites for hydroxylation is 1. The van der Waals surface area contributed by atoms with Gasteiger partial charge < -0.3 is 10.5 Å². The largest absolute Gasteiger partial charge is 0.488 e. The number of benzene rings is 1. The summed E-state index contributed by atoms with van der Waals surface area (Å²) in [6, 6.07) is 5.99. The molecule has 0 unspecified atom stereocenters. The molecule has 0 saturated carbocycles. The number of hydrogen-bond acceptors (Lipinski definition) is 2. The summed E-state index contributed by atoms with van der Waals surface area (Å²) in [7, 11) is 0. The van der Waals surface area contributed by atoms with Gasteiger partial charge in [-0.15, -0.1) is 0 Å². The molecule has 0 aliphatic carbocycles. The Labute approximate surface area is 99.3 Å². The van der Waals surface area contributed by atoms with Crippen LogP contribution in [0.2, 0.25) is 0 Å². The highest BCUT2D eigenvalue weighted by atomic mass is 79.9. The summed E-state index contributed by atoms with van der Waals surface area (Å²) in [6.45, 7) is 8.17. The third kappa shape index (κ3) is 3.68. The van der Waals surface area contributed by atoms with Crippen LogP contribution in [0.4, 0.5) is 0 Å². The minimum atomic E-state index is -0.0245. The van der Waals surface area contributed by atoms with E-state index in [4.69, 9.17) is 10.5 Å². The van der Waals surface area contributed by atoms with Crippen LogP contribution < -0.4 is 10.5 Å². The molecule has 1 atom stereocenters. The predicted molar refractivity (Wildman–Crippen MR) is 67.3 cm³/mol. The van der Waals surface area contributed by atoms with Crippen LogP contribution in [-0.4, -0.2) is 6.61 Å². The highest BCUT2D eigenvalue weighted by molar-refractivity contribution is 9.11. The van der Waals surface area contributed by atoms with Crippen molar-refractivity contribution >= 4 is 15.9 Å². The van der Waals surface area contributed by atoms with Gasteiger partial charge in [-0.2, -0.15) is 0 Å². The van der Waals surface area contributed by atoms with E-state index >= 15 is 0 Å². The fraction of sp³-hybridized carbons (Fsp3) is 0.333. The summed E-state index contributed by atoms with van der Waals surface area (Å²) in [5, 5.41) is 0. The van der Waals surface area contributed by atoms with Crippen LogP contribution in [0.5, 0.6) is 5.75 Å². The first-order chi connectivity index (χ1) is 7.00. The average Bonchev–Trinajstić information content (AvgIpc) is 2.15. The van der Waals surface area contributed by atoms with Crippen LogP contribution in [0, 0.1) is 6.92 Å². The maximum absolute atomic E-state index is 5.88. The number of nitrogens with two attached hydrogens (primary N) is 1. The molecule has 0 amide bonds. The van der Waals surface area contributed by atoms with Crippen LogP contribution in [0.25, 0.3) is 0 Å². The lowest BCUT2D eigenvalue weighted by Gasteiger charge is -2.14. The van der Waals surface area contributed by atoms with Crippen LogP contribution in [0.1, 0.15) is 24.1 Å². The molecule has 0 heterocycles. The van der Waals surface area contributed by atoms with Gasteiger partial charge in [0.15, 0.2) is 0 Å². The zero-order valence-electron chi connectivity index (χ0n) is 9.09. The summed E-state index contributed by atoms with van der Waals surface area (Å²) in [5.74, 6) is 0.830. The molecule has 0 bridgehead atoms. The van der Waals surface area contributed by atoms with Gasteiger partial charge in [-0.1, -0.05) is 40.2 Å². The Kier molecular flexibility index (Phi) is 4.36. The molecule has 0 aromatic heterocycles. The number of rotatable bonds is 4. The minimum Gasteiger partial charge on any atom is -0.488 e. The Morgan fingerprint density at radius 3 is 2.80 bits per heavy atom. The predicted octanol–water partition coefficient (Wildman–Crippen LogP) is 3.30. The highest BCUT2D eigenvalue weighted by Crippen LogP contribution is 2.25. The van der Waals surface area contributed by atoms with Gasteiger partial charge in [-0.05, 0) is 19.9 Å². The lowest BCUT2D eigenvalue weighted by Crippen LogP contribution is -2.09. The SMILES string of the molecule is C=C(Br)COc1ccc(C)cc1[C@H](C)N. The molecular weight excluding hydrogens is 254 g/mol. The van der Waals surface area contributed by atoms with E-state index in [-0.39, 0.29) is 6.04 Å². The van der Waals surface area contributed by atoms with Crippen molar-refractivity contribution in [1.29, 1.82) is 0 Å². The smallest absolute Gasteiger partial charge is 0.124 e. The quantitative estimate of drug-likeness (QED) is 0.911. The Balaban J connectivity index is 2.90. The molecule has 2 nitrogen and oxygen atoms in total. The van der Waals surface area contributed by atoms with Crippen LogP contribution in [0.3, 0.4) is 0 Å². The Morgan fingerprint density at radius 1 is 1.60 bits per heavy atom. The molecule has 15 heavy (non-hydrogen) atoms. The monoisotopic (exact) mass is 269 g/mol. The Hall–Kier alpha value is -0.800. The molecule has 0 fully saturated rings. The number of hydrogen-bond donors (Lipinski definition) is 1. The first-order valence-electron chi connectivity index (χ1n) is 4.83. The van der Waals surface area contributed by atoms with Gasteiger partial charge in [-0.25, -0.2) is 0 Å². The summed E-state index contributed by atoms with van der Waals surface area (Å²) in [6.07, 6.45) is 0. The van der Waals surface area contributed by atoms with Gasteiger partial charge in [0, 0.05) is 16.1 Å². The summed E-state index contributed by atoms with van der Waals surface area (Å²) in [4.78, 5) is 0. The summed E-state index contributed by atoms with van der Waals surface area (Å²) >= 11 is 3.26. The van der Waals surface area contributed by atoms with E-state index < -0.39 is 0 Å². The van der Waals surface area contributed by atoms with Crippen molar-refractivity contribution in [2.75, 3.05) is 6.61 Å². The van der Waals surface area contributed by atoms with Crippen molar-refractivity contribution in [3.05, 3.63) is 40.4 Å². The Bertz CT molecular complexity index is 361. The topological polar surface area (TPSA) is 35.2 Å². The summed E-state index contributed by atoms with van der Waals surface area (Å²) in [5.41, 5.74) is 8.09. The van der Waals surface area contributed by atoms with E-state index in [1.54, 1.807) is 0 Å². The second-order valence-electron chi connectivity index (χ2n) is 3.64. The van der Waals surface area contributed by atoms with E-state index in [2.05, 4.69) is 28.6 Å². The number of halogens is 1. The molecule has 3 heteroatoms. The lowest BCUT2D eigenvalue weighted by molar-refractivity contribution is 0.355. The van der Waals surface area contributed by atoms with Crippen molar-refractivity contribution in [1.82, 2.24) is 0 Å². The van der Waals surface area contributed by atoms with Gasteiger partial charge in [0.2, 0.25) is 0 Å². The average molecular weight is 270 g/mol. The van der Waals surface area contributed by atoms with E-state index in [0.717, 1.165) is 15.8 Å². The molecule has 0 spiro atoms. The lowest BCUT2D eigenvalue weighted by atomic mass is 10.1. The van der Waals surface area contributed by atoms with Crippen LogP contribution >= 0.6 is 15.9 Å². The second-order valence-corrected chi connectivity index (χ2v) is 4.76. The van der Waals surface area contributed by atoms with Crippen molar-refractivity contribution in [2.24, 2.45) is 5.73 Å². The van der Waals surface area contributed by atoms with E-state index in [0.29, 0.717) is 6.61 Å². The third-order valence-corrected chi connectivity index (χ3v) is 2.27. The Morgan fingerprint density at radius 2 is 2.27 bits per heavy atom. The van der Waals surface area contributed by atoms with Crippen LogP contribution in [-0.2, 0) is 0 Å². The zero-order chi connectivity index (χ0) is 11.4. The molecule has 0 saturated heterocycles. The first-order valence-corrected chi connectivity index (χ1v) is 5.62. The fourth-order valence-electron chi connectivity index (χ4n) is 1.31. The van der Waals surface area contributed by atoms with Gasteiger partial charge in [0.25, 0.3) is 0 Å². The van der Waals surface area contributed by atoms with Crippen molar-refractivity contribution in [2.45, 2.75) is 19.9 Å². The highest BCUT2D eigenvalue weighted by Gasteiger charge is 2.08. The van der Waals surface area contributed by atoms with Gasteiger partial charge >= 0.3 is 0 Å². The van der Waals surface area contributed by atoms with Gasteiger partial charge in [-0.3, -0.25) is 0 Å². The molecule has 0 radical (unpaired) electrons. The molecule has 0 aliphatic rings. The van der Waals surface area contributed by atoms with Gasteiger partial charge in [0.1, 0.15) is 12.4 Å². The molecular formula is C12H16BrNO. The normalized spacial score (nSPS) is 12.3. The summed E-state index contributed by atoms with van der Waals surface area (Å²) < 4.78 is 6.41. The molecule has 0 aliphatic heterocycles. The maximum Gasteiger partial charge on any atom is 0.124 e. The first kappa shape index (κ1) is 12.3.